The van der Waals surface area contributed by atoms with Crippen LogP contribution in [0.5, 0.6) is 5.75 Å². The molecule has 4 nitrogen and oxygen atoms in total. The zero-order chi connectivity index (χ0) is 15.9. The molecule has 1 aromatic carbocycles. The summed E-state index contributed by atoms with van der Waals surface area (Å²) in [7, 11) is 0. The van der Waals surface area contributed by atoms with Gasteiger partial charge in [-0.25, -0.2) is 4.98 Å². The first kappa shape index (κ1) is 17.1. The molecule has 0 N–H and O–H groups in total. The molecule has 0 aliphatic heterocycles. The van der Waals surface area contributed by atoms with Gasteiger partial charge in [-0.2, -0.15) is 0 Å². The number of benzene rings is 1. The molecule has 0 saturated carbocycles. The second-order valence-electron chi connectivity index (χ2n) is 4.69. The number of nitrogens with zero attached hydrogens (tertiary/aromatic N) is 1. The van der Waals surface area contributed by atoms with E-state index in [1.54, 1.807) is 11.3 Å². The van der Waals surface area contributed by atoms with Crippen LogP contribution in [0.3, 0.4) is 0 Å². The first-order valence-corrected chi connectivity index (χ1v) is 9.24. The Balaban J connectivity index is 2.16. The SMILES string of the molecule is CCCC(Sc1nc2ccc(OCC)cc2s1)C(=O)OCC. The van der Waals surface area contributed by atoms with Gasteiger partial charge in [0.2, 0.25) is 0 Å². The first-order valence-electron chi connectivity index (χ1n) is 7.54. The third kappa shape index (κ3) is 4.36. The minimum absolute atomic E-state index is 0.149. The van der Waals surface area contributed by atoms with E-state index in [9.17, 15) is 4.79 Å². The number of rotatable bonds is 8. The molecule has 120 valence electrons. The van der Waals surface area contributed by atoms with Crippen molar-refractivity contribution in [3.8, 4) is 5.75 Å². The molecule has 0 fully saturated rings. The summed E-state index contributed by atoms with van der Waals surface area (Å²) in [4.78, 5) is 16.6. The number of carbonyl (C=O) groups is 1. The standard InChI is InChI=1S/C16H21NO3S2/c1-4-7-13(15(18)20-6-3)21-16-17-12-9-8-11(19-5-2)10-14(12)22-16/h8-10,13H,4-7H2,1-3H3. The lowest BCUT2D eigenvalue weighted by Crippen LogP contribution is -2.19. The van der Waals surface area contributed by atoms with Crippen LogP contribution in [0.1, 0.15) is 33.6 Å². The number of thioether (sulfide) groups is 1. The number of carbonyl (C=O) groups excluding carboxylic acids is 1. The van der Waals surface area contributed by atoms with E-state index >= 15 is 0 Å². The predicted octanol–water partition coefficient (Wildman–Crippen LogP) is 4.52. The molecular formula is C16H21NO3S2. The monoisotopic (exact) mass is 339 g/mol. The van der Waals surface area contributed by atoms with Gasteiger partial charge in [-0.3, -0.25) is 4.79 Å². The van der Waals surface area contributed by atoms with Crippen LogP contribution in [-0.4, -0.2) is 29.4 Å². The van der Waals surface area contributed by atoms with Crippen LogP contribution in [0.15, 0.2) is 22.5 Å². The Morgan fingerprint density at radius 3 is 2.82 bits per heavy atom. The van der Waals surface area contributed by atoms with Gasteiger partial charge < -0.3 is 9.47 Å². The molecule has 1 unspecified atom stereocenters. The van der Waals surface area contributed by atoms with Gasteiger partial charge in [0, 0.05) is 0 Å². The van der Waals surface area contributed by atoms with Crippen molar-refractivity contribution in [2.24, 2.45) is 0 Å². The fourth-order valence-electron chi connectivity index (χ4n) is 2.03. The summed E-state index contributed by atoms with van der Waals surface area (Å²) in [5.41, 5.74) is 0.940. The van der Waals surface area contributed by atoms with Crippen LogP contribution in [0.2, 0.25) is 0 Å². The van der Waals surface area contributed by atoms with Crippen LogP contribution >= 0.6 is 23.1 Å². The zero-order valence-electron chi connectivity index (χ0n) is 13.1. The van der Waals surface area contributed by atoms with E-state index in [0.717, 1.165) is 33.1 Å². The van der Waals surface area contributed by atoms with Crippen LogP contribution in [-0.2, 0) is 9.53 Å². The first-order chi connectivity index (χ1) is 10.7. The fourth-order valence-corrected chi connectivity index (χ4v) is 4.48. The largest absolute Gasteiger partial charge is 0.494 e. The number of aromatic nitrogens is 1. The molecule has 0 bridgehead atoms. The van der Waals surface area contributed by atoms with Gasteiger partial charge in [0.05, 0.1) is 23.4 Å². The van der Waals surface area contributed by atoms with Gasteiger partial charge in [-0.1, -0.05) is 25.1 Å². The average molecular weight is 339 g/mol. The van der Waals surface area contributed by atoms with Gasteiger partial charge in [0.1, 0.15) is 11.0 Å². The van der Waals surface area contributed by atoms with Crippen molar-refractivity contribution in [2.45, 2.75) is 43.2 Å². The summed E-state index contributed by atoms with van der Waals surface area (Å²) >= 11 is 3.09. The van der Waals surface area contributed by atoms with Crippen LogP contribution in [0.25, 0.3) is 10.2 Å². The van der Waals surface area contributed by atoms with Gasteiger partial charge in [0.15, 0.2) is 4.34 Å². The quantitative estimate of drug-likeness (QED) is 0.523. The molecule has 0 amide bonds. The highest BCUT2D eigenvalue weighted by Crippen LogP contribution is 2.35. The van der Waals surface area contributed by atoms with E-state index in [1.807, 2.05) is 32.0 Å². The maximum atomic E-state index is 12.0. The van der Waals surface area contributed by atoms with E-state index in [1.165, 1.54) is 11.8 Å². The molecule has 6 heteroatoms. The Bertz CT molecular complexity index is 627. The summed E-state index contributed by atoms with van der Waals surface area (Å²) < 4.78 is 12.6. The number of fused-ring (bicyclic) bond motifs is 1. The molecular weight excluding hydrogens is 318 g/mol. The van der Waals surface area contributed by atoms with E-state index in [-0.39, 0.29) is 11.2 Å². The van der Waals surface area contributed by atoms with Gasteiger partial charge in [-0.15, -0.1) is 11.3 Å². The highest BCUT2D eigenvalue weighted by Gasteiger charge is 2.22. The Hall–Kier alpha value is -1.27. The molecule has 0 radical (unpaired) electrons. The molecule has 1 heterocycles. The van der Waals surface area contributed by atoms with Gasteiger partial charge in [-0.05, 0) is 38.5 Å². The Morgan fingerprint density at radius 1 is 1.32 bits per heavy atom. The van der Waals surface area contributed by atoms with Gasteiger partial charge in [0.25, 0.3) is 0 Å². The van der Waals surface area contributed by atoms with Crippen molar-refractivity contribution >= 4 is 39.3 Å². The second-order valence-corrected chi connectivity index (χ2v) is 7.17. The molecule has 0 aliphatic rings. The van der Waals surface area contributed by atoms with E-state index in [2.05, 4.69) is 11.9 Å². The highest BCUT2D eigenvalue weighted by atomic mass is 32.2. The van der Waals surface area contributed by atoms with Crippen molar-refractivity contribution in [2.75, 3.05) is 13.2 Å². The fraction of sp³-hybridized carbons (Fsp3) is 0.500. The van der Waals surface area contributed by atoms with Crippen LogP contribution in [0, 0.1) is 0 Å². The van der Waals surface area contributed by atoms with E-state index in [0.29, 0.717) is 13.2 Å². The molecule has 22 heavy (non-hydrogen) atoms. The summed E-state index contributed by atoms with van der Waals surface area (Å²) in [6.07, 6.45) is 1.74. The minimum Gasteiger partial charge on any atom is -0.494 e. The molecule has 2 rings (SSSR count). The topological polar surface area (TPSA) is 48.4 Å². The van der Waals surface area contributed by atoms with Crippen molar-refractivity contribution in [1.29, 1.82) is 0 Å². The number of thiazole rings is 1. The number of hydrogen-bond acceptors (Lipinski definition) is 6. The van der Waals surface area contributed by atoms with Crippen molar-refractivity contribution < 1.29 is 14.3 Å². The number of esters is 1. The van der Waals surface area contributed by atoms with Gasteiger partial charge >= 0.3 is 5.97 Å². The smallest absolute Gasteiger partial charge is 0.319 e. The molecule has 0 spiro atoms. The lowest BCUT2D eigenvalue weighted by atomic mass is 10.2. The molecule has 0 aliphatic carbocycles. The Labute approximate surface area is 139 Å². The summed E-state index contributed by atoms with van der Waals surface area (Å²) in [5, 5.41) is -0.183. The summed E-state index contributed by atoms with van der Waals surface area (Å²) in [5.74, 6) is 0.703. The lowest BCUT2D eigenvalue weighted by Gasteiger charge is -2.12. The number of hydrogen-bond donors (Lipinski definition) is 0. The lowest BCUT2D eigenvalue weighted by molar-refractivity contribution is -0.142. The minimum atomic E-state index is -0.183. The zero-order valence-corrected chi connectivity index (χ0v) is 14.8. The van der Waals surface area contributed by atoms with E-state index in [4.69, 9.17) is 9.47 Å². The second kappa shape index (κ2) is 8.39. The average Bonchev–Trinajstić information content (AvgIpc) is 2.89. The Morgan fingerprint density at radius 2 is 2.14 bits per heavy atom. The van der Waals surface area contributed by atoms with Crippen molar-refractivity contribution in [3.05, 3.63) is 18.2 Å². The maximum Gasteiger partial charge on any atom is 0.319 e. The van der Waals surface area contributed by atoms with E-state index < -0.39 is 0 Å². The predicted molar refractivity (Wildman–Crippen MR) is 92.0 cm³/mol. The molecule has 1 atom stereocenters. The maximum absolute atomic E-state index is 12.0. The molecule has 0 saturated heterocycles. The number of ether oxygens (including phenoxy) is 2. The Kier molecular flexibility index (Phi) is 6.51. The van der Waals surface area contributed by atoms with Crippen LogP contribution in [0.4, 0.5) is 0 Å². The third-order valence-corrected chi connectivity index (χ3v) is 5.35. The van der Waals surface area contributed by atoms with Crippen molar-refractivity contribution in [1.82, 2.24) is 4.98 Å². The normalized spacial score (nSPS) is 12.3. The van der Waals surface area contributed by atoms with Crippen LogP contribution < -0.4 is 4.74 Å². The summed E-state index contributed by atoms with van der Waals surface area (Å²) in [6.45, 7) is 6.93. The molecule has 1 aromatic heterocycles. The molecule has 2 aromatic rings. The third-order valence-electron chi connectivity index (χ3n) is 2.99. The van der Waals surface area contributed by atoms with Crippen molar-refractivity contribution in [3.63, 3.8) is 0 Å². The summed E-state index contributed by atoms with van der Waals surface area (Å²) in [6, 6.07) is 5.88. The highest BCUT2D eigenvalue weighted by molar-refractivity contribution is 8.02.